The lowest BCUT2D eigenvalue weighted by atomic mass is 9.79. The zero-order valence-electron chi connectivity index (χ0n) is 13.0. The summed E-state index contributed by atoms with van der Waals surface area (Å²) in [6, 6.07) is 3.31. The average molecular weight is 301 g/mol. The maximum absolute atomic E-state index is 11.0. The second kappa shape index (κ2) is 6.46. The lowest BCUT2D eigenvalue weighted by Gasteiger charge is -2.26. The molecule has 0 bridgehead atoms. The third-order valence-electron chi connectivity index (χ3n) is 4.77. The van der Waals surface area contributed by atoms with Crippen molar-refractivity contribution < 1.29 is 9.90 Å². The first-order valence-electron chi connectivity index (χ1n) is 8.27. The number of carbonyl (C=O) groups is 1. The summed E-state index contributed by atoms with van der Waals surface area (Å²) in [6.45, 7) is 2.25. The highest BCUT2D eigenvalue weighted by atomic mass is 16.4. The SMILES string of the molecule is CCCCC1CCC(c2nc3ccc(C(=O)O)cn3n2)CC1. The van der Waals surface area contributed by atoms with E-state index in [9.17, 15) is 4.79 Å². The highest BCUT2D eigenvalue weighted by Gasteiger charge is 2.25. The summed E-state index contributed by atoms with van der Waals surface area (Å²) in [5.41, 5.74) is 0.973. The van der Waals surface area contributed by atoms with Gasteiger partial charge in [-0.25, -0.2) is 14.3 Å². The van der Waals surface area contributed by atoms with Crippen LogP contribution in [0, 0.1) is 5.92 Å². The molecule has 1 aliphatic rings. The fraction of sp³-hybridized carbons (Fsp3) is 0.588. The minimum absolute atomic E-state index is 0.243. The molecule has 1 saturated carbocycles. The molecule has 1 aliphatic carbocycles. The van der Waals surface area contributed by atoms with Gasteiger partial charge in [0, 0.05) is 12.1 Å². The van der Waals surface area contributed by atoms with Crippen LogP contribution in [0.1, 0.15) is 74.0 Å². The molecule has 22 heavy (non-hydrogen) atoms. The normalized spacial score (nSPS) is 22.0. The maximum Gasteiger partial charge on any atom is 0.337 e. The Kier molecular flexibility index (Phi) is 4.41. The largest absolute Gasteiger partial charge is 0.478 e. The van der Waals surface area contributed by atoms with Gasteiger partial charge in [0.1, 0.15) is 0 Å². The third kappa shape index (κ3) is 3.13. The molecule has 2 heterocycles. The molecule has 5 nitrogen and oxygen atoms in total. The number of unbranched alkanes of at least 4 members (excludes halogenated alkanes) is 1. The van der Waals surface area contributed by atoms with Crippen molar-refractivity contribution in [1.82, 2.24) is 14.6 Å². The first-order valence-corrected chi connectivity index (χ1v) is 8.27. The van der Waals surface area contributed by atoms with Gasteiger partial charge in [-0.2, -0.15) is 5.10 Å². The van der Waals surface area contributed by atoms with Gasteiger partial charge in [0.05, 0.1) is 5.56 Å². The van der Waals surface area contributed by atoms with E-state index >= 15 is 0 Å². The van der Waals surface area contributed by atoms with Gasteiger partial charge in [-0.05, 0) is 43.7 Å². The van der Waals surface area contributed by atoms with Crippen molar-refractivity contribution >= 4 is 11.6 Å². The second-order valence-corrected chi connectivity index (χ2v) is 6.36. The molecule has 0 unspecified atom stereocenters. The van der Waals surface area contributed by atoms with Crippen LogP contribution in [0.15, 0.2) is 18.3 Å². The van der Waals surface area contributed by atoms with E-state index in [1.165, 1.54) is 32.1 Å². The number of fused-ring (bicyclic) bond motifs is 1. The number of hydrogen-bond donors (Lipinski definition) is 1. The predicted octanol–water partition coefficient (Wildman–Crippen LogP) is 3.89. The van der Waals surface area contributed by atoms with Crippen molar-refractivity contribution in [2.24, 2.45) is 5.92 Å². The summed E-state index contributed by atoms with van der Waals surface area (Å²) in [5.74, 6) is 1.23. The minimum Gasteiger partial charge on any atom is -0.478 e. The second-order valence-electron chi connectivity index (χ2n) is 6.36. The molecular formula is C17H23N3O2. The van der Waals surface area contributed by atoms with Crippen LogP contribution in [0.2, 0.25) is 0 Å². The van der Waals surface area contributed by atoms with E-state index in [0.717, 1.165) is 30.2 Å². The van der Waals surface area contributed by atoms with Gasteiger partial charge >= 0.3 is 5.97 Å². The van der Waals surface area contributed by atoms with Crippen LogP contribution < -0.4 is 0 Å². The van der Waals surface area contributed by atoms with Crippen molar-refractivity contribution in [3.63, 3.8) is 0 Å². The Hall–Kier alpha value is -1.91. The van der Waals surface area contributed by atoms with E-state index in [-0.39, 0.29) is 5.56 Å². The smallest absolute Gasteiger partial charge is 0.337 e. The van der Waals surface area contributed by atoms with Gasteiger partial charge in [0.15, 0.2) is 11.5 Å². The molecular weight excluding hydrogens is 278 g/mol. The first kappa shape index (κ1) is 15.0. The number of rotatable bonds is 5. The maximum atomic E-state index is 11.0. The molecule has 0 spiro atoms. The number of carboxylic acids is 1. The number of carboxylic acid groups (broad SMARTS) is 1. The Morgan fingerprint density at radius 1 is 1.32 bits per heavy atom. The molecule has 118 valence electrons. The quantitative estimate of drug-likeness (QED) is 0.909. The lowest BCUT2D eigenvalue weighted by Crippen LogP contribution is -2.14. The summed E-state index contributed by atoms with van der Waals surface area (Å²) in [7, 11) is 0. The molecule has 2 aromatic rings. The first-order chi connectivity index (χ1) is 10.7. The van der Waals surface area contributed by atoms with Crippen LogP contribution in [0.25, 0.3) is 5.65 Å². The zero-order chi connectivity index (χ0) is 15.5. The van der Waals surface area contributed by atoms with Crippen LogP contribution >= 0.6 is 0 Å². The standard InChI is InChI=1S/C17H23N3O2/c1-2-3-4-12-5-7-13(8-6-12)16-18-15-10-9-14(17(21)22)11-20(15)19-16/h9-13H,2-8H2,1H3,(H,21,22). The Labute approximate surface area is 130 Å². The Morgan fingerprint density at radius 3 is 2.77 bits per heavy atom. The summed E-state index contributed by atoms with van der Waals surface area (Å²) in [6.07, 6.45) is 10.3. The highest BCUT2D eigenvalue weighted by Crippen LogP contribution is 2.36. The topological polar surface area (TPSA) is 67.5 Å². The number of pyridine rings is 1. The third-order valence-corrected chi connectivity index (χ3v) is 4.77. The van der Waals surface area contributed by atoms with E-state index in [2.05, 4.69) is 17.0 Å². The molecule has 1 fully saturated rings. The molecule has 2 aromatic heterocycles. The van der Waals surface area contributed by atoms with Crippen LogP contribution in [-0.2, 0) is 0 Å². The van der Waals surface area contributed by atoms with Gasteiger partial charge in [0.25, 0.3) is 0 Å². The Bertz CT molecular complexity index is 657. The molecule has 0 amide bonds. The Morgan fingerprint density at radius 2 is 2.09 bits per heavy atom. The molecule has 0 aromatic carbocycles. The summed E-state index contributed by atoms with van der Waals surface area (Å²) in [4.78, 5) is 15.6. The summed E-state index contributed by atoms with van der Waals surface area (Å²) >= 11 is 0. The monoisotopic (exact) mass is 301 g/mol. The fourth-order valence-electron chi connectivity index (χ4n) is 3.40. The van der Waals surface area contributed by atoms with Crippen molar-refractivity contribution in [2.45, 2.75) is 57.8 Å². The van der Waals surface area contributed by atoms with Crippen LogP contribution in [0.5, 0.6) is 0 Å². The van der Waals surface area contributed by atoms with Crippen LogP contribution in [0.3, 0.4) is 0 Å². The molecule has 5 heteroatoms. The van der Waals surface area contributed by atoms with Gasteiger partial charge in [-0.15, -0.1) is 0 Å². The number of hydrogen-bond acceptors (Lipinski definition) is 3. The summed E-state index contributed by atoms with van der Waals surface area (Å²) < 4.78 is 1.60. The lowest BCUT2D eigenvalue weighted by molar-refractivity contribution is 0.0696. The molecule has 0 aliphatic heterocycles. The van der Waals surface area contributed by atoms with Crippen molar-refractivity contribution in [3.05, 3.63) is 29.7 Å². The van der Waals surface area contributed by atoms with Crippen LogP contribution in [-0.4, -0.2) is 25.7 Å². The van der Waals surface area contributed by atoms with E-state index in [4.69, 9.17) is 5.11 Å². The minimum atomic E-state index is -0.935. The fourth-order valence-corrected chi connectivity index (χ4v) is 3.40. The molecule has 0 saturated heterocycles. The van der Waals surface area contributed by atoms with Crippen molar-refractivity contribution in [1.29, 1.82) is 0 Å². The van der Waals surface area contributed by atoms with E-state index in [1.807, 2.05) is 0 Å². The average Bonchev–Trinajstić information content (AvgIpc) is 2.96. The number of nitrogens with zero attached hydrogens (tertiary/aromatic N) is 3. The van der Waals surface area contributed by atoms with Crippen molar-refractivity contribution in [2.75, 3.05) is 0 Å². The van der Waals surface area contributed by atoms with Gasteiger partial charge in [0.2, 0.25) is 0 Å². The number of aromatic carboxylic acids is 1. The van der Waals surface area contributed by atoms with Crippen molar-refractivity contribution in [3.8, 4) is 0 Å². The number of aromatic nitrogens is 3. The molecule has 0 atom stereocenters. The van der Waals surface area contributed by atoms with Gasteiger partial charge < -0.3 is 5.11 Å². The summed E-state index contributed by atoms with van der Waals surface area (Å²) in [5, 5.41) is 13.5. The zero-order valence-corrected chi connectivity index (χ0v) is 13.0. The Balaban J connectivity index is 1.70. The van der Waals surface area contributed by atoms with E-state index in [0.29, 0.717) is 5.92 Å². The van der Waals surface area contributed by atoms with E-state index < -0.39 is 5.97 Å². The van der Waals surface area contributed by atoms with Gasteiger partial charge in [-0.3, -0.25) is 0 Å². The molecule has 3 rings (SSSR count). The predicted molar refractivity (Wildman–Crippen MR) is 84.2 cm³/mol. The molecule has 1 N–H and O–H groups in total. The van der Waals surface area contributed by atoms with Gasteiger partial charge in [-0.1, -0.05) is 26.2 Å². The van der Waals surface area contributed by atoms with E-state index in [1.54, 1.807) is 22.8 Å². The van der Waals surface area contributed by atoms with Crippen LogP contribution in [0.4, 0.5) is 0 Å². The highest BCUT2D eigenvalue weighted by molar-refractivity contribution is 5.87. The molecule has 0 radical (unpaired) electrons.